The van der Waals surface area contributed by atoms with Gasteiger partial charge in [-0.2, -0.15) is 0 Å². The summed E-state index contributed by atoms with van der Waals surface area (Å²) in [5, 5.41) is 3.48. The first-order chi connectivity index (χ1) is 8.47. The van der Waals surface area contributed by atoms with Gasteiger partial charge in [0.25, 0.3) is 0 Å². The van der Waals surface area contributed by atoms with Crippen molar-refractivity contribution in [2.45, 2.75) is 47.6 Å². The molecule has 0 spiro atoms. The quantitative estimate of drug-likeness (QED) is 0.831. The van der Waals surface area contributed by atoms with Crippen molar-refractivity contribution < 1.29 is 4.74 Å². The lowest BCUT2D eigenvalue weighted by Gasteiger charge is -2.23. The van der Waals surface area contributed by atoms with Gasteiger partial charge < -0.3 is 10.1 Å². The smallest absolute Gasteiger partial charge is 0.125 e. The van der Waals surface area contributed by atoms with Gasteiger partial charge in [0.1, 0.15) is 12.4 Å². The van der Waals surface area contributed by atoms with E-state index in [-0.39, 0.29) is 0 Å². The number of ether oxygens (including phenoxy) is 1. The highest BCUT2D eigenvalue weighted by atomic mass is 16.5. The molecule has 0 aliphatic heterocycles. The van der Waals surface area contributed by atoms with Crippen LogP contribution in [0.5, 0.6) is 5.75 Å². The van der Waals surface area contributed by atoms with Crippen LogP contribution in [0.25, 0.3) is 0 Å². The number of aryl methyl sites for hydroxylation is 2. The van der Waals surface area contributed by atoms with Crippen LogP contribution in [0.2, 0.25) is 0 Å². The van der Waals surface area contributed by atoms with Gasteiger partial charge in [0, 0.05) is 6.04 Å². The second-order valence-corrected chi connectivity index (χ2v) is 5.37. The molecule has 102 valence electrons. The molecule has 18 heavy (non-hydrogen) atoms. The molecule has 1 rings (SSSR count). The standard InChI is InChI=1S/C16H27NO/c1-7-17-15(11(2)3)10-18-16-13(5)9-8-12(4)14(16)6/h8-9,11,15,17H,7,10H2,1-6H3. The van der Waals surface area contributed by atoms with E-state index >= 15 is 0 Å². The molecule has 0 bridgehead atoms. The first-order valence-electron chi connectivity index (χ1n) is 6.90. The fourth-order valence-electron chi connectivity index (χ4n) is 2.07. The molecule has 0 aromatic heterocycles. The van der Waals surface area contributed by atoms with E-state index in [9.17, 15) is 0 Å². The van der Waals surface area contributed by atoms with Gasteiger partial charge in [-0.1, -0.05) is 32.9 Å². The van der Waals surface area contributed by atoms with E-state index < -0.39 is 0 Å². The van der Waals surface area contributed by atoms with Crippen molar-refractivity contribution in [1.29, 1.82) is 0 Å². The van der Waals surface area contributed by atoms with Crippen molar-refractivity contribution in [3.8, 4) is 5.75 Å². The fourth-order valence-corrected chi connectivity index (χ4v) is 2.07. The molecule has 0 amide bonds. The van der Waals surface area contributed by atoms with Gasteiger partial charge in [-0.3, -0.25) is 0 Å². The second-order valence-electron chi connectivity index (χ2n) is 5.37. The van der Waals surface area contributed by atoms with Crippen LogP contribution in [0.15, 0.2) is 12.1 Å². The monoisotopic (exact) mass is 249 g/mol. The Hall–Kier alpha value is -1.02. The zero-order chi connectivity index (χ0) is 13.7. The average molecular weight is 249 g/mol. The number of rotatable bonds is 6. The topological polar surface area (TPSA) is 21.3 Å². The van der Waals surface area contributed by atoms with E-state index in [4.69, 9.17) is 4.74 Å². The molecule has 1 aromatic carbocycles. The average Bonchev–Trinajstić information content (AvgIpc) is 2.32. The normalized spacial score (nSPS) is 12.8. The molecule has 1 unspecified atom stereocenters. The van der Waals surface area contributed by atoms with Crippen LogP contribution in [0, 0.1) is 26.7 Å². The van der Waals surface area contributed by atoms with E-state index in [1.807, 2.05) is 0 Å². The van der Waals surface area contributed by atoms with Gasteiger partial charge >= 0.3 is 0 Å². The minimum Gasteiger partial charge on any atom is -0.491 e. The largest absolute Gasteiger partial charge is 0.491 e. The van der Waals surface area contributed by atoms with Crippen LogP contribution < -0.4 is 10.1 Å². The van der Waals surface area contributed by atoms with Crippen molar-refractivity contribution >= 4 is 0 Å². The molecule has 0 aliphatic rings. The van der Waals surface area contributed by atoms with Gasteiger partial charge in [0.15, 0.2) is 0 Å². The molecule has 0 fully saturated rings. The molecule has 1 N–H and O–H groups in total. The summed E-state index contributed by atoms with van der Waals surface area (Å²) in [6, 6.07) is 4.70. The number of nitrogens with one attached hydrogen (secondary N) is 1. The third kappa shape index (κ3) is 3.74. The van der Waals surface area contributed by atoms with Crippen LogP contribution in [-0.2, 0) is 0 Å². The van der Waals surface area contributed by atoms with Crippen LogP contribution >= 0.6 is 0 Å². The van der Waals surface area contributed by atoms with Crippen molar-refractivity contribution in [2.75, 3.05) is 13.2 Å². The lowest BCUT2D eigenvalue weighted by molar-refractivity contribution is 0.230. The zero-order valence-electron chi connectivity index (χ0n) is 12.6. The first-order valence-corrected chi connectivity index (χ1v) is 6.90. The van der Waals surface area contributed by atoms with Gasteiger partial charge in [-0.05, 0) is 49.9 Å². The summed E-state index contributed by atoms with van der Waals surface area (Å²) in [5.41, 5.74) is 3.77. The maximum atomic E-state index is 6.06. The van der Waals surface area contributed by atoms with Crippen LogP contribution in [0.1, 0.15) is 37.5 Å². The summed E-state index contributed by atoms with van der Waals surface area (Å²) in [6.07, 6.45) is 0. The van der Waals surface area contributed by atoms with E-state index in [2.05, 4.69) is 59.0 Å². The Labute approximate surface area is 112 Å². The van der Waals surface area contributed by atoms with Crippen LogP contribution in [0.4, 0.5) is 0 Å². The molecule has 0 saturated carbocycles. The van der Waals surface area contributed by atoms with Gasteiger partial charge in [-0.15, -0.1) is 0 Å². The molecule has 0 aliphatic carbocycles. The summed E-state index contributed by atoms with van der Waals surface area (Å²) in [6.45, 7) is 14.7. The van der Waals surface area contributed by atoms with Gasteiger partial charge in [0.05, 0.1) is 0 Å². The van der Waals surface area contributed by atoms with E-state index in [0.717, 1.165) is 18.9 Å². The molecule has 1 atom stereocenters. The van der Waals surface area contributed by atoms with Gasteiger partial charge in [0.2, 0.25) is 0 Å². The summed E-state index contributed by atoms with van der Waals surface area (Å²) < 4.78 is 6.06. The van der Waals surface area contributed by atoms with Crippen LogP contribution in [0.3, 0.4) is 0 Å². The Kier molecular flexibility index (Phi) is 5.67. The summed E-state index contributed by atoms with van der Waals surface area (Å²) >= 11 is 0. The number of hydrogen-bond acceptors (Lipinski definition) is 2. The maximum absolute atomic E-state index is 6.06. The summed E-state index contributed by atoms with van der Waals surface area (Å²) in [4.78, 5) is 0. The van der Waals surface area contributed by atoms with Crippen molar-refractivity contribution in [1.82, 2.24) is 5.32 Å². The number of likely N-dealkylation sites (N-methyl/N-ethyl adjacent to an activating group) is 1. The summed E-state index contributed by atoms with van der Waals surface area (Å²) in [7, 11) is 0. The molecule has 0 heterocycles. The Morgan fingerprint density at radius 1 is 1.11 bits per heavy atom. The lowest BCUT2D eigenvalue weighted by atomic mass is 10.0. The molecule has 0 saturated heterocycles. The Morgan fingerprint density at radius 3 is 2.28 bits per heavy atom. The molecule has 0 radical (unpaired) electrons. The third-order valence-corrected chi connectivity index (χ3v) is 3.55. The molecular formula is C16H27NO. The van der Waals surface area contributed by atoms with Gasteiger partial charge in [-0.25, -0.2) is 0 Å². The highest BCUT2D eigenvalue weighted by molar-refractivity contribution is 5.44. The number of hydrogen-bond donors (Lipinski definition) is 1. The zero-order valence-corrected chi connectivity index (χ0v) is 12.6. The first kappa shape index (κ1) is 15.0. The van der Waals surface area contributed by atoms with E-state index in [1.54, 1.807) is 0 Å². The molecule has 2 nitrogen and oxygen atoms in total. The Balaban J connectivity index is 2.76. The van der Waals surface area contributed by atoms with E-state index in [0.29, 0.717) is 12.0 Å². The van der Waals surface area contributed by atoms with Crippen LogP contribution in [-0.4, -0.2) is 19.2 Å². The second kappa shape index (κ2) is 6.79. The summed E-state index contributed by atoms with van der Waals surface area (Å²) in [5.74, 6) is 1.63. The van der Waals surface area contributed by atoms with Crippen molar-refractivity contribution in [3.05, 3.63) is 28.8 Å². The van der Waals surface area contributed by atoms with Crippen molar-refractivity contribution in [3.63, 3.8) is 0 Å². The lowest BCUT2D eigenvalue weighted by Crippen LogP contribution is -2.38. The fraction of sp³-hybridized carbons (Fsp3) is 0.625. The Bertz CT molecular complexity index is 385. The highest BCUT2D eigenvalue weighted by Gasteiger charge is 2.14. The highest BCUT2D eigenvalue weighted by Crippen LogP contribution is 2.26. The molecule has 1 aromatic rings. The SMILES string of the molecule is CCNC(COc1c(C)ccc(C)c1C)C(C)C. The third-order valence-electron chi connectivity index (χ3n) is 3.55. The van der Waals surface area contributed by atoms with E-state index in [1.165, 1.54) is 16.7 Å². The number of benzene rings is 1. The maximum Gasteiger partial charge on any atom is 0.125 e. The minimum atomic E-state index is 0.411. The molecular weight excluding hydrogens is 222 g/mol. The predicted molar refractivity (Wildman–Crippen MR) is 78.5 cm³/mol. The molecule has 2 heteroatoms. The van der Waals surface area contributed by atoms with Crippen molar-refractivity contribution in [2.24, 2.45) is 5.92 Å². The predicted octanol–water partition coefficient (Wildman–Crippen LogP) is 3.62. The Morgan fingerprint density at radius 2 is 1.72 bits per heavy atom. The minimum absolute atomic E-state index is 0.411.